The van der Waals surface area contributed by atoms with Crippen molar-refractivity contribution in [1.29, 1.82) is 5.26 Å². The summed E-state index contributed by atoms with van der Waals surface area (Å²) in [5.74, 6) is -7.10. The fourth-order valence-electron chi connectivity index (χ4n) is 3.00. The van der Waals surface area contributed by atoms with Crippen LogP contribution in [0.15, 0.2) is 42.0 Å². The van der Waals surface area contributed by atoms with Gasteiger partial charge in [0.1, 0.15) is 6.17 Å². The van der Waals surface area contributed by atoms with Crippen molar-refractivity contribution in [2.24, 2.45) is 5.92 Å². The van der Waals surface area contributed by atoms with Gasteiger partial charge in [-0.2, -0.15) is 19.1 Å². The first-order valence-electron chi connectivity index (χ1n) is 7.77. The molecule has 2 atom stereocenters. The third kappa shape index (κ3) is 2.86. The number of carboxylic acids is 1. The van der Waals surface area contributed by atoms with Gasteiger partial charge >= 0.3 is 11.9 Å². The van der Waals surface area contributed by atoms with Crippen LogP contribution in [-0.4, -0.2) is 27.0 Å². The maximum Gasteiger partial charge on any atom is 0.379 e. The molecule has 0 spiro atoms. The average Bonchev–Trinajstić information content (AvgIpc) is 2.92. The van der Waals surface area contributed by atoms with E-state index in [1.807, 2.05) is 6.07 Å². The second-order valence-electron chi connectivity index (χ2n) is 6.05. The van der Waals surface area contributed by atoms with E-state index in [0.717, 1.165) is 12.1 Å². The molecule has 0 bridgehead atoms. The number of carbonyl (C=O) groups is 1. The Labute approximate surface area is 146 Å². The first kappa shape index (κ1) is 17.7. The molecule has 26 heavy (non-hydrogen) atoms. The molecule has 1 aromatic carbocycles. The minimum Gasteiger partial charge on any atom is -0.477 e. The molecule has 1 aromatic heterocycles. The van der Waals surface area contributed by atoms with Crippen molar-refractivity contribution in [3.05, 3.63) is 53.3 Å². The maximum atomic E-state index is 14.2. The van der Waals surface area contributed by atoms with Crippen molar-refractivity contribution in [2.45, 2.75) is 25.6 Å². The highest BCUT2D eigenvalue weighted by Crippen LogP contribution is 2.32. The van der Waals surface area contributed by atoms with Gasteiger partial charge in [-0.1, -0.05) is 18.2 Å². The Bertz CT molecular complexity index is 985. The van der Waals surface area contributed by atoms with E-state index in [1.54, 1.807) is 6.92 Å². The Morgan fingerprint density at radius 3 is 2.85 bits per heavy atom. The summed E-state index contributed by atoms with van der Waals surface area (Å²) < 4.78 is 43.2. The first-order valence-corrected chi connectivity index (χ1v) is 7.77. The normalized spacial score (nSPS) is 20.0. The highest BCUT2D eigenvalue weighted by atomic mass is 19.3. The minimum absolute atomic E-state index is 0.0304. The zero-order valence-electron chi connectivity index (χ0n) is 13.7. The largest absolute Gasteiger partial charge is 0.477 e. The van der Waals surface area contributed by atoms with E-state index in [-0.39, 0.29) is 17.6 Å². The summed E-state index contributed by atoms with van der Waals surface area (Å²) >= 11 is 0. The van der Waals surface area contributed by atoms with Crippen LogP contribution in [0, 0.1) is 24.2 Å². The van der Waals surface area contributed by atoms with Crippen LogP contribution < -0.4 is 0 Å². The van der Waals surface area contributed by atoms with Crippen molar-refractivity contribution in [2.75, 3.05) is 0 Å². The van der Waals surface area contributed by atoms with Crippen LogP contribution in [0.1, 0.15) is 11.3 Å². The van der Waals surface area contributed by atoms with Gasteiger partial charge in [-0.15, -0.1) is 0 Å². The van der Waals surface area contributed by atoms with Crippen LogP contribution in [-0.2, 0) is 17.3 Å². The van der Waals surface area contributed by atoms with E-state index in [9.17, 15) is 23.2 Å². The summed E-state index contributed by atoms with van der Waals surface area (Å²) in [4.78, 5) is 10.8. The summed E-state index contributed by atoms with van der Waals surface area (Å²) in [6.45, 7) is 1.64. The van der Waals surface area contributed by atoms with E-state index >= 15 is 0 Å². The fourth-order valence-corrected chi connectivity index (χ4v) is 3.00. The SMILES string of the molecule is Cc1nn(CC2C(C#N)=CC=CC2F)c2cc(C(F)(F)C(=O)O)ccc12. The van der Waals surface area contributed by atoms with Gasteiger partial charge < -0.3 is 5.11 Å². The predicted octanol–water partition coefficient (Wildman–Crippen LogP) is 3.50. The monoisotopic (exact) mass is 361 g/mol. The Morgan fingerprint density at radius 2 is 2.19 bits per heavy atom. The Kier molecular flexibility index (Phi) is 4.32. The Morgan fingerprint density at radius 1 is 1.46 bits per heavy atom. The number of fused-ring (bicyclic) bond motifs is 1. The number of hydrogen-bond donors (Lipinski definition) is 1. The Balaban J connectivity index is 2.07. The molecule has 1 heterocycles. The standard InChI is InChI=1S/C18H14F3N3O2/c1-10-13-6-5-12(18(20,21)17(25)26)7-16(13)24(23-10)9-14-11(8-22)3-2-4-15(14)19/h2-7,14-15H,9H2,1H3,(H,25,26). The second-order valence-corrected chi connectivity index (χ2v) is 6.05. The highest BCUT2D eigenvalue weighted by molar-refractivity contribution is 5.85. The molecule has 0 radical (unpaired) electrons. The van der Waals surface area contributed by atoms with Crippen LogP contribution in [0.3, 0.4) is 0 Å². The molecule has 1 aliphatic carbocycles. The number of benzene rings is 1. The molecule has 8 heteroatoms. The van der Waals surface area contributed by atoms with Crippen molar-refractivity contribution < 1.29 is 23.1 Å². The molecular formula is C18H14F3N3O2. The van der Waals surface area contributed by atoms with Crippen molar-refractivity contribution >= 4 is 16.9 Å². The number of alkyl halides is 3. The molecule has 0 fully saturated rings. The van der Waals surface area contributed by atoms with Crippen LogP contribution in [0.4, 0.5) is 13.2 Å². The number of rotatable bonds is 4. The smallest absolute Gasteiger partial charge is 0.379 e. The number of halogens is 3. The van der Waals surface area contributed by atoms with Gasteiger partial charge in [0.15, 0.2) is 0 Å². The van der Waals surface area contributed by atoms with Gasteiger partial charge in [-0.05, 0) is 25.1 Å². The third-order valence-electron chi connectivity index (χ3n) is 4.42. The first-order chi connectivity index (χ1) is 12.3. The number of hydrogen-bond acceptors (Lipinski definition) is 3. The molecule has 3 rings (SSSR count). The van der Waals surface area contributed by atoms with E-state index in [0.29, 0.717) is 11.1 Å². The zero-order chi connectivity index (χ0) is 19.1. The number of nitrogens with zero attached hydrogens (tertiary/aromatic N) is 3. The van der Waals surface area contributed by atoms with E-state index in [2.05, 4.69) is 5.10 Å². The van der Waals surface area contributed by atoms with E-state index in [4.69, 9.17) is 5.11 Å². The minimum atomic E-state index is -4.05. The lowest BCUT2D eigenvalue weighted by atomic mass is 9.90. The summed E-state index contributed by atoms with van der Waals surface area (Å²) in [7, 11) is 0. The lowest BCUT2D eigenvalue weighted by Crippen LogP contribution is -2.26. The predicted molar refractivity (Wildman–Crippen MR) is 87.2 cm³/mol. The van der Waals surface area contributed by atoms with Crippen molar-refractivity contribution in [3.8, 4) is 6.07 Å². The number of aliphatic carboxylic acids is 1. The molecule has 0 saturated heterocycles. The van der Waals surface area contributed by atoms with Crippen LogP contribution in [0.2, 0.25) is 0 Å². The molecular weight excluding hydrogens is 347 g/mol. The molecule has 5 nitrogen and oxygen atoms in total. The van der Waals surface area contributed by atoms with Crippen LogP contribution in [0.5, 0.6) is 0 Å². The van der Waals surface area contributed by atoms with Gasteiger partial charge in [0.05, 0.1) is 23.8 Å². The van der Waals surface area contributed by atoms with Crippen LogP contribution in [0.25, 0.3) is 10.9 Å². The second kappa shape index (κ2) is 6.33. The average molecular weight is 361 g/mol. The van der Waals surface area contributed by atoms with Crippen molar-refractivity contribution in [1.82, 2.24) is 9.78 Å². The lowest BCUT2D eigenvalue weighted by molar-refractivity contribution is -0.166. The van der Waals surface area contributed by atoms with Gasteiger partial charge in [0.25, 0.3) is 0 Å². The molecule has 1 aliphatic rings. The number of allylic oxidation sites excluding steroid dienone is 4. The van der Waals surface area contributed by atoms with Gasteiger partial charge in [-0.25, -0.2) is 9.18 Å². The summed E-state index contributed by atoms with van der Waals surface area (Å²) in [6, 6.07) is 5.40. The molecule has 0 amide bonds. The molecule has 0 aliphatic heterocycles. The van der Waals surface area contributed by atoms with Gasteiger partial charge in [0, 0.05) is 22.4 Å². The topological polar surface area (TPSA) is 78.9 Å². The van der Waals surface area contributed by atoms with Gasteiger partial charge in [-0.3, -0.25) is 4.68 Å². The molecule has 2 unspecified atom stereocenters. The van der Waals surface area contributed by atoms with Gasteiger partial charge in [0.2, 0.25) is 0 Å². The Hall–Kier alpha value is -3.08. The zero-order valence-corrected chi connectivity index (χ0v) is 13.7. The number of aryl methyl sites for hydroxylation is 1. The van der Waals surface area contributed by atoms with E-state index in [1.165, 1.54) is 29.0 Å². The third-order valence-corrected chi connectivity index (χ3v) is 4.42. The highest BCUT2D eigenvalue weighted by Gasteiger charge is 2.41. The number of nitriles is 1. The number of aromatic nitrogens is 2. The fraction of sp³-hybridized carbons (Fsp3) is 0.278. The maximum absolute atomic E-state index is 14.2. The van der Waals surface area contributed by atoms with Crippen molar-refractivity contribution in [3.63, 3.8) is 0 Å². The summed E-state index contributed by atoms with van der Waals surface area (Å²) in [5, 5.41) is 22.7. The summed E-state index contributed by atoms with van der Waals surface area (Å²) in [6.07, 6.45) is 2.87. The van der Waals surface area contributed by atoms with Crippen LogP contribution >= 0.6 is 0 Å². The summed E-state index contributed by atoms with van der Waals surface area (Å²) in [5.41, 5.74) is 0.345. The van der Waals surface area contributed by atoms with E-state index < -0.39 is 29.5 Å². The molecule has 2 aromatic rings. The molecule has 1 N–H and O–H groups in total. The quantitative estimate of drug-likeness (QED) is 0.904. The molecule has 0 saturated carbocycles. The lowest BCUT2D eigenvalue weighted by Gasteiger charge is -2.21. The number of carboxylic acid groups (broad SMARTS) is 1. The molecule has 134 valence electrons.